The highest BCUT2D eigenvalue weighted by Gasteiger charge is 2.36. The maximum absolute atomic E-state index is 13.5. The van der Waals surface area contributed by atoms with Crippen LogP contribution >= 0.6 is 0 Å². The van der Waals surface area contributed by atoms with Crippen LogP contribution in [0.1, 0.15) is 49.9 Å². The molecule has 0 spiro atoms. The van der Waals surface area contributed by atoms with Gasteiger partial charge in [-0.1, -0.05) is 32.0 Å². The number of ether oxygens (including phenoxy) is 1. The zero-order chi connectivity index (χ0) is 24.5. The Hall–Kier alpha value is -3.68. The summed E-state index contributed by atoms with van der Waals surface area (Å²) in [5, 5.41) is 2.55. The van der Waals surface area contributed by atoms with E-state index < -0.39 is 17.6 Å². The van der Waals surface area contributed by atoms with Crippen LogP contribution in [-0.4, -0.2) is 23.2 Å². The molecule has 0 unspecified atom stereocenters. The van der Waals surface area contributed by atoms with Gasteiger partial charge >= 0.3 is 6.18 Å². The van der Waals surface area contributed by atoms with E-state index >= 15 is 0 Å². The lowest BCUT2D eigenvalue weighted by Gasteiger charge is -2.16. The van der Waals surface area contributed by atoms with Gasteiger partial charge in [-0.3, -0.25) is 9.78 Å². The smallest absolute Gasteiger partial charge is 0.420 e. The highest BCUT2D eigenvalue weighted by Crippen LogP contribution is 2.43. The number of benzene rings is 2. The van der Waals surface area contributed by atoms with Crippen molar-refractivity contribution in [2.75, 3.05) is 11.9 Å². The van der Waals surface area contributed by atoms with Gasteiger partial charge in [-0.05, 0) is 53.8 Å². The molecule has 1 aliphatic rings. The summed E-state index contributed by atoms with van der Waals surface area (Å²) in [6.45, 7) is 5.81. The van der Waals surface area contributed by atoms with Gasteiger partial charge in [0.2, 0.25) is 5.91 Å². The third kappa shape index (κ3) is 4.95. The zero-order valence-electron chi connectivity index (χ0n) is 19.0. The van der Waals surface area contributed by atoms with Crippen molar-refractivity contribution in [3.63, 3.8) is 0 Å². The lowest BCUT2D eigenvalue weighted by Crippen LogP contribution is -2.15. The fraction of sp³-hybridized carbons (Fsp3) is 0.269. The summed E-state index contributed by atoms with van der Waals surface area (Å²) in [4.78, 5) is 21.5. The van der Waals surface area contributed by atoms with E-state index in [4.69, 9.17) is 4.74 Å². The summed E-state index contributed by atoms with van der Waals surface area (Å²) < 4.78 is 45.8. The Labute approximate surface area is 195 Å². The van der Waals surface area contributed by atoms with Crippen molar-refractivity contribution >= 4 is 23.0 Å². The molecule has 1 amide bonds. The van der Waals surface area contributed by atoms with Crippen molar-refractivity contribution in [2.45, 2.75) is 39.3 Å². The molecule has 4 rings (SSSR count). The SMILES string of the molecule is CCOc1cc2c(cc1C(F)(F)F)NC(=O)CC(c1cccc(-c3ccnc(C(C)C)c3)c1)=N2. The first kappa shape index (κ1) is 23.5. The van der Waals surface area contributed by atoms with Crippen LogP contribution in [0.25, 0.3) is 11.1 Å². The molecule has 0 bridgehead atoms. The third-order valence-electron chi connectivity index (χ3n) is 5.46. The average Bonchev–Trinajstić information content (AvgIpc) is 2.96. The van der Waals surface area contributed by atoms with Gasteiger partial charge in [0.1, 0.15) is 5.75 Å². The molecule has 34 heavy (non-hydrogen) atoms. The third-order valence-corrected chi connectivity index (χ3v) is 5.46. The van der Waals surface area contributed by atoms with E-state index in [2.05, 4.69) is 29.1 Å². The van der Waals surface area contributed by atoms with Crippen molar-refractivity contribution in [1.29, 1.82) is 0 Å². The molecule has 0 radical (unpaired) electrons. The summed E-state index contributed by atoms with van der Waals surface area (Å²) in [6, 6.07) is 13.6. The van der Waals surface area contributed by atoms with Crippen LogP contribution in [-0.2, 0) is 11.0 Å². The van der Waals surface area contributed by atoms with Crippen molar-refractivity contribution in [2.24, 2.45) is 4.99 Å². The molecule has 0 aliphatic carbocycles. The molecular weight excluding hydrogens is 443 g/mol. The van der Waals surface area contributed by atoms with Gasteiger partial charge in [0.05, 0.1) is 35.7 Å². The quantitative estimate of drug-likeness (QED) is 0.451. The molecule has 2 aromatic carbocycles. The minimum Gasteiger partial charge on any atom is -0.493 e. The van der Waals surface area contributed by atoms with Gasteiger partial charge in [-0.2, -0.15) is 13.2 Å². The minimum absolute atomic E-state index is 0.00245. The second-order valence-electron chi connectivity index (χ2n) is 8.28. The Balaban J connectivity index is 1.79. The van der Waals surface area contributed by atoms with Crippen LogP contribution in [0.5, 0.6) is 5.75 Å². The van der Waals surface area contributed by atoms with Gasteiger partial charge in [-0.15, -0.1) is 0 Å². The maximum atomic E-state index is 13.5. The number of alkyl halides is 3. The number of hydrogen-bond acceptors (Lipinski definition) is 4. The van der Waals surface area contributed by atoms with E-state index in [1.165, 1.54) is 6.07 Å². The molecule has 2 heterocycles. The van der Waals surface area contributed by atoms with Gasteiger partial charge in [0.15, 0.2) is 0 Å². The number of fused-ring (bicyclic) bond motifs is 1. The number of carbonyl (C=O) groups is 1. The molecule has 8 heteroatoms. The lowest BCUT2D eigenvalue weighted by atomic mass is 9.98. The molecule has 176 valence electrons. The predicted molar refractivity (Wildman–Crippen MR) is 126 cm³/mol. The number of hydrogen-bond donors (Lipinski definition) is 1. The highest BCUT2D eigenvalue weighted by molar-refractivity contribution is 6.17. The molecule has 1 aromatic heterocycles. The molecular formula is C26H24F3N3O2. The first-order valence-electron chi connectivity index (χ1n) is 11.0. The van der Waals surface area contributed by atoms with E-state index in [9.17, 15) is 18.0 Å². The summed E-state index contributed by atoms with van der Waals surface area (Å²) in [5.41, 5.74) is 3.31. The van der Waals surface area contributed by atoms with Crippen molar-refractivity contribution in [1.82, 2.24) is 4.98 Å². The van der Waals surface area contributed by atoms with Gasteiger partial charge in [0, 0.05) is 18.0 Å². The predicted octanol–water partition coefficient (Wildman–Crippen LogP) is 6.75. The Kier molecular flexibility index (Phi) is 6.41. The second-order valence-corrected chi connectivity index (χ2v) is 8.28. The van der Waals surface area contributed by atoms with Crippen molar-refractivity contribution in [3.05, 3.63) is 71.5 Å². The summed E-state index contributed by atoms with van der Waals surface area (Å²) in [6.07, 6.45) is -2.94. The largest absolute Gasteiger partial charge is 0.493 e. The zero-order valence-corrected chi connectivity index (χ0v) is 19.0. The van der Waals surface area contributed by atoms with E-state index in [0.717, 1.165) is 22.9 Å². The van der Waals surface area contributed by atoms with Crippen LogP contribution in [0.15, 0.2) is 59.7 Å². The Morgan fingerprint density at radius 1 is 1.06 bits per heavy atom. The number of nitrogens with zero attached hydrogens (tertiary/aromatic N) is 2. The molecule has 1 aliphatic heterocycles. The molecule has 3 aromatic rings. The number of aromatic nitrogens is 1. The highest BCUT2D eigenvalue weighted by atomic mass is 19.4. The topological polar surface area (TPSA) is 63.6 Å². The van der Waals surface area contributed by atoms with E-state index in [1.807, 2.05) is 36.4 Å². The second kappa shape index (κ2) is 9.29. The number of rotatable bonds is 5. The Morgan fingerprint density at radius 2 is 1.79 bits per heavy atom. The standard InChI is InChI=1S/C26H24F3N3O2/c1-4-34-24-13-23-22(12-19(24)26(27,28)29)32-25(33)14-21(31-23)18-7-5-6-16(10-18)17-8-9-30-20(11-17)15(2)3/h5-13,15H,4,14H2,1-3H3,(H,32,33). The number of nitrogens with one attached hydrogen (secondary N) is 1. The van der Waals surface area contributed by atoms with E-state index in [-0.39, 0.29) is 36.1 Å². The molecule has 0 fully saturated rings. The molecule has 0 saturated carbocycles. The number of anilines is 1. The number of pyridine rings is 1. The first-order valence-corrected chi connectivity index (χ1v) is 11.0. The molecule has 1 N–H and O–H groups in total. The van der Waals surface area contributed by atoms with Crippen LogP contribution in [0.2, 0.25) is 0 Å². The van der Waals surface area contributed by atoms with Gasteiger partial charge < -0.3 is 10.1 Å². The molecule has 5 nitrogen and oxygen atoms in total. The Bertz CT molecular complexity index is 1270. The number of amides is 1. The number of carbonyl (C=O) groups excluding carboxylic acids is 1. The average molecular weight is 467 g/mol. The first-order chi connectivity index (χ1) is 16.2. The Morgan fingerprint density at radius 3 is 2.50 bits per heavy atom. The number of halogens is 3. The van der Waals surface area contributed by atoms with Gasteiger partial charge in [0.25, 0.3) is 0 Å². The molecule has 0 saturated heterocycles. The monoisotopic (exact) mass is 467 g/mol. The number of aliphatic imine (C=N–C) groups is 1. The summed E-state index contributed by atoms with van der Waals surface area (Å²) in [7, 11) is 0. The minimum atomic E-state index is -4.63. The lowest BCUT2D eigenvalue weighted by molar-refractivity contribution is -0.138. The van der Waals surface area contributed by atoms with Gasteiger partial charge in [-0.25, -0.2) is 4.99 Å². The fourth-order valence-corrected chi connectivity index (χ4v) is 3.78. The fourth-order valence-electron chi connectivity index (χ4n) is 3.78. The van der Waals surface area contributed by atoms with Crippen molar-refractivity contribution in [3.8, 4) is 16.9 Å². The normalized spacial score (nSPS) is 13.7. The van der Waals surface area contributed by atoms with Crippen LogP contribution in [0.3, 0.4) is 0 Å². The maximum Gasteiger partial charge on any atom is 0.420 e. The molecule has 0 atom stereocenters. The van der Waals surface area contributed by atoms with Crippen LogP contribution in [0.4, 0.5) is 24.5 Å². The van der Waals surface area contributed by atoms with Crippen LogP contribution in [0, 0.1) is 0 Å². The van der Waals surface area contributed by atoms with E-state index in [1.54, 1.807) is 13.1 Å². The van der Waals surface area contributed by atoms with E-state index in [0.29, 0.717) is 11.3 Å². The summed E-state index contributed by atoms with van der Waals surface area (Å²) in [5.74, 6) is -0.485. The summed E-state index contributed by atoms with van der Waals surface area (Å²) >= 11 is 0. The van der Waals surface area contributed by atoms with Crippen LogP contribution < -0.4 is 10.1 Å². The van der Waals surface area contributed by atoms with Crippen molar-refractivity contribution < 1.29 is 22.7 Å².